The fourth-order valence-electron chi connectivity index (χ4n) is 5.23. The third kappa shape index (κ3) is 5.77. The summed E-state index contributed by atoms with van der Waals surface area (Å²) in [4.78, 5) is 21.7. The van der Waals surface area contributed by atoms with Gasteiger partial charge in [0.25, 0.3) is 5.56 Å². The maximum Gasteiger partial charge on any atom is 0.253 e. The van der Waals surface area contributed by atoms with Crippen LogP contribution in [0.5, 0.6) is 0 Å². The first-order chi connectivity index (χ1) is 18.8. The topological polar surface area (TPSA) is 75.5 Å². The highest BCUT2D eigenvalue weighted by Crippen LogP contribution is 2.40. The lowest BCUT2D eigenvalue weighted by Crippen LogP contribution is -2.42. The van der Waals surface area contributed by atoms with Crippen LogP contribution < -0.4 is 5.56 Å². The number of aromatic nitrogens is 3. The van der Waals surface area contributed by atoms with Gasteiger partial charge in [0, 0.05) is 30.8 Å². The first kappa shape index (κ1) is 27.5. The highest BCUT2D eigenvalue weighted by atomic mass is 35.5. The van der Waals surface area contributed by atoms with Crippen molar-refractivity contribution in [1.29, 1.82) is 0 Å². The molecular weight excluding hydrogens is 514 g/mol. The van der Waals surface area contributed by atoms with Crippen molar-refractivity contribution in [2.45, 2.75) is 58.0 Å². The lowest BCUT2D eigenvalue weighted by atomic mass is 9.87. The van der Waals surface area contributed by atoms with Crippen LogP contribution in [0.3, 0.4) is 0 Å². The maximum atomic E-state index is 12.3. The Morgan fingerprint density at radius 1 is 1.10 bits per heavy atom. The van der Waals surface area contributed by atoms with Crippen molar-refractivity contribution in [3.8, 4) is 11.1 Å². The van der Waals surface area contributed by atoms with Gasteiger partial charge in [-0.25, -0.2) is 9.97 Å². The van der Waals surface area contributed by atoms with E-state index < -0.39 is 5.60 Å². The molecule has 2 aromatic carbocycles. The molecule has 8 heteroatoms. The Balaban J connectivity index is 1.73. The summed E-state index contributed by atoms with van der Waals surface area (Å²) in [5.74, 6) is 0. The van der Waals surface area contributed by atoms with Crippen LogP contribution in [0.4, 0.5) is 0 Å². The van der Waals surface area contributed by atoms with Gasteiger partial charge in [0.15, 0.2) is 11.9 Å². The lowest BCUT2D eigenvalue weighted by molar-refractivity contribution is -0.201. The van der Waals surface area contributed by atoms with Gasteiger partial charge in [-0.1, -0.05) is 36.4 Å². The number of aryl methyl sites for hydroxylation is 2. The van der Waals surface area contributed by atoms with E-state index in [4.69, 9.17) is 30.8 Å². The number of hydrogen-bond donors (Lipinski definition) is 0. The van der Waals surface area contributed by atoms with Crippen molar-refractivity contribution in [2.24, 2.45) is 7.05 Å². The van der Waals surface area contributed by atoms with E-state index in [2.05, 4.69) is 4.98 Å². The van der Waals surface area contributed by atoms with Crippen LogP contribution in [-0.2, 0) is 26.9 Å². The highest BCUT2D eigenvalue weighted by molar-refractivity contribution is 6.28. The average Bonchev–Trinajstić information content (AvgIpc) is 2.94. The van der Waals surface area contributed by atoms with Crippen LogP contribution in [0.1, 0.15) is 49.9 Å². The van der Waals surface area contributed by atoms with Crippen molar-refractivity contribution < 1.29 is 14.2 Å². The molecule has 2 unspecified atom stereocenters. The second kappa shape index (κ2) is 11.6. The molecular formula is C31H34ClN3O4. The number of nitrogens with zero attached hydrogens (tertiary/aromatic N) is 3. The van der Waals surface area contributed by atoms with Crippen LogP contribution in [0.2, 0.25) is 5.28 Å². The van der Waals surface area contributed by atoms with E-state index in [1.807, 2.05) is 81.6 Å². The Hall–Kier alpha value is -3.10. The summed E-state index contributed by atoms with van der Waals surface area (Å²) in [5, 5.41) is 0.922. The quantitative estimate of drug-likeness (QED) is 0.246. The lowest BCUT2D eigenvalue weighted by Gasteiger charge is -2.37. The van der Waals surface area contributed by atoms with Gasteiger partial charge in [-0.3, -0.25) is 4.79 Å². The summed E-state index contributed by atoms with van der Waals surface area (Å²) >= 11 is 6.54. The van der Waals surface area contributed by atoms with E-state index in [-0.39, 0.29) is 29.8 Å². The third-order valence-corrected chi connectivity index (χ3v) is 7.20. The smallest absolute Gasteiger partial charge is 0.253 e. The molecule has 7 nitrogen and oxygen atoms in total. The monoisotopic (exact) mass is 547 g/mol. The highest BCUT2D eigenvalue weighted by Gasteiger charge is 2.41. The van der Waals surface area contributed by atoms with Crippen molar-refractivity contribution in [3.05, 3.63) is 93.3 Å². The minimum absolute atomic E-state index is 0.0224. The Bertz CT molecular complexity index is 1490. The fourth-order valence-corrected chi connectivity index (χ4v) is 5.41. The Morgan fingerprint density at radius 3 is 2.59 bits per heavy atom. The van der Waals surface area contributed by atoms with Crippen molar-refractivity contribution in [3.63, 3.8) is 0 Å². The molecule has 2 aromatic heterocycles. The Kier molecular flexibility index (Phi) is 8.14. The Morgan fingerprint density at radius 2 is 1.90 bits per heavy atom. The molecule has 1 aliphatic heterocycles. The molecule has 1 fully saturated rings. The largest absolute Gasteiger partial charge is 0.359 e. The molecule has 39 heavy (non-hydrogen) atoms. The van der Waals surface area contributed by atoms with Gasteiger partial charge in [0.1, 0.15) is 0 Å². The molecule has 0 spiro atoms. The zero-order chi connectivity index (χ0) is 27.6. The normalized spacial score (nSPS) is 17.4. The molecule has 0 aliphatic carbocycles. The third-order valence-electron chi connectivity index (χ3n) is 7.03. The minimum Gasteiger partial charge on any atom is -0.359 e. The van der Waals surface area contributed by atoms with Gasteiger partial charge in [0.05, 0.1) is 23.9 Å². The van der Waals surface area contributed by atoms with E-state index >= 15 is 0 Å². The first-order valence-corrected chi connectivity index (χ1v) is 13.8. The second-order valence-corrected chi connectivity index (χ2v) is 10.7. The predicted molar refractivity (Wildman–Crippen MR) is 153 cm³/mol. The van der Waals surface area contributed by atoms with Crippen molar-refractivity contribution in [2.75, 3.05) is 13.2 Å². The summed E-state index contributed by atoms with van der Waals surface area (Å²) in [6, 6.07) is 17.8. The molecule has 0 saturated carbocycles. The van der Waals surface area contributed by atoms with Gasteiger partial charge in [-0.15, -0.1) is 0 Å². The minimum atomic E-state index is -1.08. The van der Waals surface area contributed by atoms with E-state index in [0.29, 0.717) is 23.4 Å². The summed E-state index contributed by atoms with van der Waals surface area (Å²) in [6.45, 7) is 6.68. The van der Waals surface area contributed by atoms with Crippen LogP contribution in [-0.4, -0.2) is 40.1 Å². The number of fused-ring (bicyclic) bond motifs is 1. The van der Waals surface area contributed by atoms with Gasteiger partial charge < -0.3 is 18.8 Å². The molecule has 3 heterocycles. The summed E-state index contributed by atoms with van der Waals surface area (Å²) in [6.07, 6.45) is 4.29. The molecule has 0 N–H and O–H groups in total. The summed E-state index contributed by atoms with van der Waals surface area (Å²) in [5.41, 5.74) is 3.62. The van der Waals surface area contributed by atoms with E-state index in [9.17, 15) is 4.79 Å². The standard InChI is InChI=1S/C31H34ClN3O4/c1-20(2)39-31(24-10-6-5-7-11-24,19-38-27-12-8-9-15-37-27)28-25-17-22(13-14-26(25)33-30(32)34-28)23-16-21(3)29(36)35(4)18-23/h5-7,10-11,13-14,16-18,20,27H,8-9,12,15,19H2,1-4H3. The molecule has 0 amide bonds. The predicted octanol–water partition coefficient (Wildman–Crippen LogP) is 6.17. The summed E-state index contributed by atoms with van der Waals surface area (Å²) < 4.78 is 20.7. The molecule has 4 aromatic rings. The molecule has 204 valence electrons. The van der Waals surface area contributed by atoms with Gasteiger partial charge in [-0.2, -0.15) is 0 Å². The molecule has 1 aliphatic rings. The number of rotatable bonds is 8. The number of ether oxygens (including phenoxy) is 3. The zero-order valence-corrected chi connectivity index (χ0v) is 23.6. The van der Waals surface area contributed by atoms with Crippen molar-refractivity contribution in [1.82, 2.24) is 14.5 Å². The fraction of sp³-hybridized carbons (Fsp3) is 0.387. The van der Waals surface area contributed by atoms with Crippen LogP contribution in [0.15, 0.2) is 65.6 Å². The number of benzene rings is 2. The van der Waals surface area contributed by atoms with Crippen LogP contribution >= 0.6 is 11.6 Å². The van der Waals surface area contributed by atoms with Crippen molar-refractivity contribution >= 4 is 22.5 Å². The molecule has 0 bridgehead atoms. The van der Waals surface area contributed by atoms with Gasteiger partial charge >= 0.3 is 0 Å². The first-order valence-electron chi connectivity index (χ1n) is 13.4. The maximum absolute atomic E-state index is 12.3. The molecule has 1 saturated heterocycles. The zero-order valence-electron chi connectivity index (χ0n) is 22.8. The SMILES string of the molecule is Cc1cc(-c2ccc3nc(Cl)nc(C(COC4CCCCO4)(OC(C)C)c4ccccc4)c3c2)cn(C)c1=O. The second-order valence-electron chi connectivity index (χ2n) is 10.4. The Labute approximate surface area is 233 Å². The van der Waals surface area contributed by atoms with E-state index in [0.717, 1.165) is 41.3 Å². The van der Waals surface area contributed by atoms with Crippen LogP contribution in [0.25, 0.3) is 22.0 Å². The molecule has 0 radical (unpaired) electrons. The van der Waals surface area contributed by atoms with E-state index in [1.54, 1.807) is 11.6 Å². The van der Waals surface area contributed by atoms with Crippen LogP contribution in [0, 0.1) is 6.92 Å². The van der Waals surface area contributed by atoms with E-state index in [1.165, 1.54) is 0 Å². The molecule has 5 rings (SSSR count). The molecule has 2 atom stereocenters. The van der Waals surface area contributed by atoms with Gasteiger partial charge in [0.2, 0.25) is 5.28 Å². The number of halogens is 1. The summed E-state index contributed by atoms with van der Waals surface area (Å²) in [7, 11) is 1.76. The number of hydrogen-bond acceptors (Lipinski definition) is 6. The van der Waals surface area contributed by atoms with Gasteiger partial charge in [-0.05, 0) is 86.5 Å². The number of pyridine rings is 1. The average molecular weight is 548 g/mol.